The van der Waals surface area contributed by atoms with Crippen LogP contribution in [-0.2, 0) is 88.2 Å². The molecular weight excluding hydrogens is 1320 g/mol. The summed E-state index contributed by atoms with van der Waals surface area (Å²) in [6.45, 7) is 13.2. The van der Waals surface area contributed by atoms with Crippen LogP contribution in [0.1, 0.15) is 110 Å². The van der Waals surface area contributed by atoms with E-state index in [1.165, 1.54) is 18.7 Å². The van der Waals surface area contributed by atoms with Gasteiger partial charge in [-0.3, -0.25) is 43.2 Å². The van der Waals surface area contributed by atoms with Crippen molar-refractivity contribution in [2.24, 2.45) is 33.5 Å². The van der Waals surface area contributed by atoms with Crippen molar-refractivity contribution >= 4 is 88.4 Å². The first-order chi connectivity index (χ1) is 48.0. The van der Waals surface area contributed by atoms with Gasteiger partial charge < -0.3 is 72.9 Å². The van der Waals surface area contributed by atoms with E-state index in [9.17, 15) is 52.7 Å². The van der Waals surface area contributed by atoms with Gasteiger partial charge in [-0.25, -0.2) is 9.59 Å². The highest BCUT2D eigenvalue weighted by atomic mass is 32.2. The zero-order valence-electron chi connectivity index (χ0n) is 58.8. The molecule has 0 saturated carbocycles. The highest BCUT2D eigenvalue weighted by Crippen LogP contribution is 2.23. The first-order valence-corrected chi connectivity index (χ1v) is 34.6. The summed E-state index contributed by atoms with van der Waals surface area (Å²) < 4.78 is 22.5. The number of benzene rings is 5. The third kappa shape index (κ3) is 29.6. The Morgan fingerprint density at radius 1 is 0.475 bits per heavy atom. The average molecular weight is 1410 g/mol. The van der Waals surface area contributed by atoms with Crippen LogP contribution in [0.4, 0.5) is 16.2 Å². The molecule has 10 amide bonds. The predicted molar refractivity (Wildman–Crippen MR) is 381 cm³/mol. The lowest BCUT2D eigenvalue weighted by atomic mass is 9.99. The van der Waals surface area contributed by atoms with E-state index >= 15 is 0 Å². The number of esters is 1. The lowest BCUT2D eigenvalue weighted by molar-refractivity contribution is -0.154. The Kier molecular flexibility index (Phi) is 33.4. The molecule has 0 aliphatic carbocycles. The molecular formula is C73H96N12O15S. The summed E-state index contributed by atoms with van der Waals surface area (Å²) >= 11 is 1.33. The maximum atomic E-state index is 14.8. The summed E-state index contributed by atoms with van der Waals surface area (Å²) in [7, 11) is 1.56. The average Bonchev–Trinajstić information content (AvgIpc) is 0.904. The van der Waals surface area contributed by atoms with Gasteiger partial charge in [0.1, 0.15) is 60.3 Å². The van der Waals surface area contributed by atoms with Gasteiger partial charge in [0.25, 0.3) is 0 Å². The lowest BCUT2D eigenvalue weighted by Gasteiger charge is -2.29. The number of nitrogens with one attached hydrogen (secondary N) is 8. The quantitative estimate of drug-likeness (QED) is 0.0156. The second-order valence-electron chi connectivity index (χ2n) is 25.9. The van der Waals surface area contributed by atoms with E-state index in [1.54, 1.807) is 195 Å². The molecule has 5 aromatic carbocycles. The highest BCUT2D eigenvalue weighted by Gasteiger charge is 2.38. The number of carbonyl (C=O) groups is 11. The Hall–Kier alpha value is -10.2. The fraction of sp³-hybridized carbons (Fsp3) is 0.438. The Labute approximate surface area is 593 Å². The molecule has 0 aromatic heterocycles. The van der Waals surface area contributed by atoms with E-state index in [1.807, 2.05) is 6.07 Å². The van der Waals surface area contributed by atoms with Crippen molar-refractivity contribution in [1.82, 2.24) is 42.5 Å². The van der Waals surface area contributed by atoms with E-state index in [-0.39, 0.29) is 57.0 Å². The van der Waals surface area contributed by atoms with Crippen molar-refractivity contribution in [3.8, 4) is 5.75 Å². The highest BCUT2D eigenvalue weighted by molar-refractivity contribution is 7.98. The minimum Gasteiger partial charge on any atom is -0.497 e. The van der Waals surface area contributed by atoms with Crippen molar-refractivity contribution in [2.75, 3.05) is 19.1 Å². The van der Waals surface area contributed by atoms with Crippen LogP contribution in [0.2, 0.25) is 0 Å². The number of ether oxygens (including phenoxy) is 4. The first-order valence-electron chi connectivity index (χ1n) is 33.2. The third-order valence-electron chi connectivity index (χ3n) is 15.4. The summed E-state index contributed by atoms with van der Waals surface area (Å²) in [5.74, 6) is -8.86. The molecule has 0 radical (unpaired) electrons. The molecule has 5 rings (SSSR count). The summed E-state index contributed by atoms with van der Waals surface area (Å²) in [6, 6.07) is 28.6. The van der Waals surface area contributed by atoms with Gasteiger partial charge in [0, 0.05) is 19.3 Å². The minimum absolute atomic E-state index is 0.00300. The lowest BCUT2D eigenvalue weighted by Crippen LogP contribution is -2.61. The largest absolute Gasteiger partial charge is 0.497 e. The molecule has 101 heavy (non-hydrogen) atoms. The molecule has 0 heterocycles. The Morgan fingerprint density at radius 2 is 0.911 bits per heavy atom. The van der Waals surface area contributed by atoms with Crippen molar-refractivity contribution in [2.45, 2.75) is 174 Å². The van der Waals surface area contributed by atoms with Crippen LogP contribution in [0.15, 0.2) is 150 Å². The van der Waals surface area contributed by atoms with E-state index in [0.29, 0.717) is 33.8 Å². The number of hydrogen-bond acceptors (Lipinski definition) is 18. The van der Waals surface area contributed by atoms with Crippen LogP contribution in [0.3, 0.4) is 0 Å². The van der Waals surface area contributed by atoms with Crippen LogP contribution < -0.4 is 58.7 Å². The third-order valence-corrected chi connectivity index (χ3v) is 16.1. The standard InChI is InChI=1S/C73H96N12O15S/c1-44(2)38-56(78-67(91)57(39-47-20-14-11-15-21-47)79-64(88)54(34-35-60(74)86)77-70(94)62(45(3)4)82-68(92)58(40-48-22-16-12-17-23-48)81-72(96)100-73(6,7)8)66(90)76-55(36-37-101-10)65(89)80-59(41-61(75)87)69(93)83-63(46(5)98-42-49-24-18-13-19-25-49)71(95)99-43-50-26-28-51(29-27-50)84-85-52-30-32-53(97-9)33-31-52/h11-33,44-46,54-59,62-63H,34-43H2,1-10H3,(H2,74,86)(H2,75,87)(H,76,90)(H,77,94)(H,78,91)(H,79,88)(H,80,89)(H,81,96)(H,82,92)(H,83,93)/t46-,54+,55+,56+,57+,58+,59+,62+,63+/m1/s1. The molecule has 544 valence electrons. The van der Waals surface area contributed by atoms with E-state index in [0.717, 1.165) is 5.56 Å². The van der Waals surface area contributed by atoms with Crippen LogP contribution in [0, 0.1) is 11.8 Å². The summed E-state index contributed by atoms with van der Waals surface area (Å²) in [6.07, 6.45) is -1.86. The van der Waals surface area contributed by atoms with Gasteiger partial charge in [0.2, 0.25) is 53.2 Å². The summed E-state index contributed by atoms with van der Waals surface area (Å²) in [4.78, 5) is 154. The Bertz CT molecular complexity index is 3560. The van der Waals surface area contributed by atoms with Gasteiger partial charge in [-0.15, -0.1) is 0 Å². The molecule has 0 aliphatic rings. The van der Waals surface area contributed by atoms with Crippen LogP contribution in [0.25, 0.3) is 0 Å². The van der Waals surface area contributed by atoms with Crippen molar-refractivity contribution in [3.63, 3.8) is 0 Å². The van der Waals surface area contributed by atoms with Gasteiger partial charge in [-0.2, -0.15) is 22.0 Å². The first kappa shape index (κ1) is 81.5. The maximum absolute atomic E-state index is 14.8. The molecule has 28 heteroatoms. The van der Waals surface area contributed by atoms with Gasteiger partial charge in [-0.1, -0.05) is 131 Å². The molecule has 5 aromatic rings. The number of rotatable bonds is 40. The van der Waals surface area contributed by atoms with Crippen LogP contribution >= 0.6 is 11.8 Å². The molecule has 0 unspecified atom stereocenters. The number of nitrogens with two attached hydrogens (primary N) is 2. The fourth-order valence-electron chi connectivity index (χ4n) is 10.1. The topological polar surface area (TPSA) is 398 Å². The van der Waals surface area contributed by atoms with E-state index < -0.39 is 144 Å². The monoisotopic (exact) mass is 1410 g/mol. The number of primary amides is 2. The Balaban J connectivity index is 1.35. The van der Waals surface area contributed by atoms with Gasteiger partial charge in [0.15, 0.2) is 6.04 Å². The zero-order chi connectivity index (χ0) is 74.2. The van der Waals surface area contributed by atoms with Gasteiger partial charge >= 0.3 is 12.1 Å². The number of hydrogen-bond donors (Lipinski definition) is 10. The molecule has 0 aliphatic heterocycles. The molecule has 0 saturated heterocycles. The normalized spacial score (nSPS) is 14.0. The number of thioether (sulfide) groups is 1. The van der Waals surface area contributed by atoms with Crippen molar-refractivity contribution < 1.29 is 71.7 Å². The van der Waals surface area contributed by atoms with E-state index in [4.69, 9.17) is 30.4 Å². The molecule has 9 atom stereocenters. The molecule has 0 fully saturated rings. The van der Waals surface area contributed by atoms with Crippen LogP contribution in [-0.4, -0.2) is 144 Å². The molecule has 0 bridgehead atoms. The number of methoxy groups -OCH3 is 1. The van der Waals surface area contributed by atoms with Crippen LogP contribution in [0.5, 0.6) is 5.75 Å². The van der Waals surface area contributed by atoms with Crippen molar-refractivity contribution in [3.05, 3.63) is 162 Å². The fourth-order valence-corrected chi connectivity index (χ4v) is 10.5. The molecule has 0 spiro atoms. The molecule has 12 N–H and O–H groups in total. The number of carbonyl (C=O) groups excluding carboxylic acids is 11. The number of nitrogens with zero attached hydrogens (tertiary/aromatic N) is 2. The van der Waals surface area contributed by atoms with Crippen molar-refractivity contribution in [1.29, 1.82) is 0 Å². The SMILES string of the molecule is COc1ccc(N=Nc2ccc(COC(=O)[C@@H](NC(=O)[C@H](CC(N)=O)NC(=O)[C@H](CCSC)NC(=O)[C@H](CC(C)C)NC(=O)[C@H](Cc3ccccc3)NC(=O)[C@H](CCC(N)=O)NC(=O)[C@@H](NC(=O)[C@H](Cc3ccccc3)NC(=O)OC(C)(C)C)C(C)C)[C@@H](C)OCc3ccccc3)cc2)cc1. The second kappa shape index (κ2) is 41.4. The molecule has 27 nitrogen and oxygen atoms in total. The van der Waals surface area contributed by atoms with Gasteiger partial charge in [0.05, 0.1) is 37.6 Å². The minimum atomic E-state index is -1.71. The maximum Gasteiger partial charge on any atom is 0.408 e. The Morgan fingerprint density at radius 3 is 1.42 bits per heavy atom. The van der Waals surface area contributed by atoms with E-state index in [2.05, 4.69) is 52.8 Å². The number of azo groups is 1. The summed E-state index contributed by atoms with van der Waals surface area (Å²) in [5, 5.41) is 29.8. The smallest absolute Gasteiger partial charge is 0.408 e. The zero-order valence-corrected chi connectivity index (χ0v) is 59.6. The summed E-state index contributed by atoms with van der Waals surface area (Å²) in [5.41, 5.74) is 14.0. The second-order valence-corrected chi connectivity index (χ2v) is 26.8. The predicted octanol–water partition coefficient (Wildman–Crippen LogP) is 6.13. The number of alkyl carbamates (subject to hydrolysis) is 1. The number of amides is 10. The van der Waals surface area contributed by atoms with Gasteiger partial charge in [-0.05, 0) is 129 Å².